The van der Waals surface area contributed by atoms with Gasteiger partial charge in [-0.05, 0) is 35.0 Å². The quantitative estimate of drug-likeness (QED) is 0.174. The fourth-order valence-electron chi connectivity index (χ4n) is 3.81. The van der Waals surface area contributed by atoms with Crippen molar-refractivity contribution in [2.24, 2.45) is 10.9 Å². The zero-order valence-corrected chi connectivity index (χ0v) is 21.0. The molecular formula is C20H18N10O4S3. The van der Waals surface area contributed by atoms with E-state index in [-0.39, 0.29) is 22.6 Å². The van der Waals surface area contributed by atoms with Gasteiger partial charge in [-0.2, -0.15) is 9.94 Å². The van der Waals surface area contributed by atoms with Gasteiger partial charge < -0.3 is 11.5 Å². The highest BCUT2D eigenvalue weighted by Crippen LogP contribution is 2.42. The monoisotopic (exact) mass is 558 g/mol. The van der Waals surface area contributed by atoms with E-state index in [1.165, 1.54) is 29.7 Å². The summed E-state index contributed by atoms with van der Waals surface area (Å²) in [6, 6.07) is 12.5. The molecule has 0 aliphatic carbocycles. The Labute approximate surface area is 214 Å². The lowest BCUT2D eigenvalue weighted by atomic mass is 9.98. The first kappa shape index (κ1) is 24.8. The Hall–Kier alpha value is -3.87. The molecule has 0 radical (unpaired) electrons. The highest BCUT2D eigenvalue weighted by atomic mass is 32.2. The van der Waals surface area contributed by atoms with E-state index in [1.807, 2.05) is 0 Å². The van der Waals surface area contributed by atoms with Gasteiger partial charge in [0.25, 0.3) is 0 Å². The third-order valence-corrected chi connectivity index (χ3v) is 8.73. The number of tetrazole rings is 1. The van der Waals surface area contributed by atoms with Crippen LogP contribution in [0.15, 0.2) is 64.5 Å². The van der Waals surface area contributed by atoms with Crippen LogP contribution in [-0.4, -0.2) is 47.4 Å². The van der Waals surface area contributed by atoms with Crippen molar-refractivity contribution in [3.8, 4) is 22.5 Å². The normalized spacial score (nSPS) is 13.1. The van der Waals surface area contributed by atoms with E-state index in [1.54, 1.807) is 30.3 Å². The van der Waals surface area contributed by atoms with Crippen LogP contribution in [0.2, 0.25) is 0 Å². The first-order chi connectivity index (χ1) is 17.6. The summed E-state index contributed by atoms with van der Waals surface area (Å²) in [7, 11) is -9.26. The molecule has 0 spiro atoms. The lowest BCUT2D eigenvalue weighted by Gasteiger charge is -2.18. The number of anilines is 1. The van der Waals surface area contributed by atoms with E-state index in [9.17, 15) is 16.8 Å². The predicted octanol–water partition coefficient (Wildman–Crippen LogP) is 0.704. The van der Waals surface area contributed by atoms with E-state index in [4.69, 9.17) is 16.6 Å². The molecule has 0 amide bonds. The zero-order chi connectivity index (χ0) is 26.4. The molecule has 8 N–H and O–H groups in total. The maximum absolute atomic E-state index is 13.4. The summed E-state index contributed by atoms with van der Waals surface area (Å²) in [5, 5.41) is 19.4. The summed E-state index contributed by atoms with van der Waals surface area (Å²) >= 11 is 1.23. The molecule has 3 heterocycles. The van der Waals surface area contributed by atoms with Gasteiger partial charge in [-0.25, -0.2) is 27.0 Å². The van der Waals surface area contributed by atoms with Gasteiger partial charge in [0.05, 0.1) is 21.5 Å². The second kappa shape index (κ2) is 9.21. The van der Waals surface area contributed by atoms with E-state index >= 15 is 0 Å². The third kappa shape index (κ3) is 4.66. The highest BCUT2D eigenvalue weighted by Gasteiger charge is 2.33. The Morgan fingerprint density at radius 2 is 1.81 bits per heavy atom. The topological polar surface area (TPSA) is 239 Å². The number of nitrogens with two attached hydrogens (primary N) is 3. The number of H-pyrrole nitrogens is 1. The van der Waals surface area contributed by atoms with Crippen molar-refractivity contribution in [3.05, 3.63) is 60.4 Å². The number of thiazole rings is 1. The standard InChI is InChI=1S/C20H18N10O4S3/c21-18(12-5-1-2-9-24-12)28-37(33,34)14-8-7-10(11-4-3-6-13-16(11)25-20(22)35-13)15(17(14)36(23,31)32)19-26-29-30-27-19/h1-9,18,28H,21H2,(H2,22,25)(H2,23,31,32)(H,26,27,29,30). The van der Waals surface area contributed by atoms with E-state index in [2.05, 4.69) is 35.3 Å². The minimum atomic E-state index is -4.69. The predicted molar refractivity (Wildman–Crippen MR) is 136 cm³/mol. The Balaban J connectivity index is 1.78. The highest BCUT2D eigenvalue weighted by molar-refractivity contribution is 7.92. The van der Waals surface area contributed by atoms with Crippen molar-refractivity contribution < 1.29 is 16.8 Å². The summed E-state index contributed by atoms with van der Waals surface area (Å²) in [6.07, 6.45) is 0.161. The molecule has 2 aromatic carbocycles. The van der Waals surface area contributed by atoms with Crippen LogP contribution in [0.5, 0.6) is 0 Å². The number of primary sulfonamides is 1. The van der Waals surface area contributed by atoms with E-state index in [0.717, 1.165) is 10.8 Å². The minimum absolute atomic E-state index is 0.190. The molecule has 3 aromatic heterocycles. The summed E-state index contributed by atoms with van der Waals surface area (Å²) in [6.45, 7) is 0. The van der Waals surface area contributed by atoms with Gasteiger partial charge in [-0.15, -0.1) is 10.2 Å². The van der Waals surface area contributed by atoms with Crippen LogP contribution in [-0.2, 0) is 20.0 Å². The maximum Gasteiger partial charge on any atom is 0.243 e. The van der Waals surface area contributed by atoms with Gasteiger partial charge in [0.15, 0.2) is 5.13 Å². The van der Waals surface area contributed by atoms with Gasteiger partial charge in [-0.3, -0.25) is 4.98 Å². The molecule has 0 saturated carbocycles. The minimum Gasteiger partial charge on any atom is -0.375 e. The van der Waals surface area contributed by atoms with Gasteiger partial charge in [-0.1, -0.05) is 35.6 Å². The molecule has 0 aliphatic rings. The molecule has 0 aliphatic heterocycles. The SMILES string of the molecule is Nc1nc2c(-c3ccc(S(=O)(=O)NC(N)c4ccccn4)c(S(N)(=O)=O)c3-c3nn[nH]n3)cccc2s1. The maximum atomic E-state index is 13.4. The van der Waals surface area contributed by atoms with Crippen molar-refractivity contribution >= 4 is 46.7 Å². The number of para-hydroxylation sites is 1. The summed E-state index contributed by atoms with van der Waals surface area (Å²) in [4.78, 5) is 6.97. The largest absolute Gasteiger partial charge is 0.375 e. The van der Waals surface area contributed by atoms with Crippen LogP contribution in [0.4, 0.5) is 5.13 Å². The number of aromatic nitrogens is 6. The molecular weight excluding hydrogens is 540 g/mol. The molecule has 37 heavy (non-hydrogen) atoms. The third-order valence-electron chi connectivity index (χ3n) is 5.28. The number of hydrogen-bond acceptors (Lipinski definition) is 12. The van der Waals surface area contributed by atoms with E-state index < -0.39 is 36.0 Å². The molecule has 17 heteroatoms. The second-order valence-electron chi connectivity index (χ2n) is 7.65. The van der Waals surface area contributed by atoms with Gasteiger partial charge in [0, 0.05) is 11.8 Å². The zero-order valence-electron chi connectivity index (χ0n) is 18.6. The number of sulfonamides is 2. The average Bonchev–Trinajstić information content (AvgIpc) is 3.52. The molecule has 0 fully saturated rings. The molecule has 5 aromatic rings. The van der Waals surface area contributed by atoms with Crippen LogP contribution in [0.3, 0.4) is 0 Å². The number of hydrogen-bond donors (Lipinski definition) is 5. The molecule has 14 nitrogen and oxygen atoms in total. The molecule has 1 unspecified atom stereocenters. The van der Waals surface area contributed by atoms with Crippen LogP contribution in [0.1, 0.15) is 11.9 Å². The van der Waals surface area contributed by atoms with Crippen LogP contribution >= 0.6 is 11.3 Å². The van der Waals surface area contributed by atoms with Gasteiger partial charge in [0.1, 0.15) is 16.0 Å². The first-order valence-corrected chi connectivity index (χ1v) is 14.2. The van der Waals surface area contributed by atoms with Crippen molar-refractivity contribution in [2.75, 3.05) is 5.73 Å². The Bertz CT molecular complexity index is 1820. The molecule has 1 atom stereocenters. The smallest absolute Gasteiger partial charge is 0.243 e. The Morgan fingerprint density at radius 3 is 2.49 bits per heavy atom. The second-order valence-corrected chi connectivity index (χ2v) is 11.9. The number of nitrogens with one attached hydrogen (secondary N) is 2. The number of fused-ring (bicyclic) bond motifs is 1. The van der Waals surface area contributed by atoms with Crippen LogP contribution in [0.25, 0.3) is 32.7 Å². The fourth-order valence-corrected chi connectivity index (χ4v) is 7.25. The van der Waals surface area contributed by atoms with Crippen LogP contribution < -0.4 is 21.3 Å². The first-order valence-electron chi connectivity index (χ1n) is 10.3. The number of pyridine rings is 1. The Kier molecular flexibility index (Phi) is 6.18. The van der Waals surface area contributed by atoms with Crippen molar-refractivity contribution in [1.29, 1.82) is 0 Å². The number of nitrogens with zero attached hydrogens (tertiary/aromatic N) is 5. The van der Waals surface area contributed by atoms with Crippen molar-refractivity contribution in [1.82, 2.24) is 35.3 Å². The van der Waals surface area contributed by atoms with Gasteiger partial charge >= 0.3 is 0 Å². The van der Waals surface area contributed by atoms with Crippen molar-refractivity contribution in [3.63, 3.8) is 0 Å². The number of aromatic amines is 1. The number of nitrogen functional groups attached to an aromatic ring is 1. The lowest BCUT2D eigenvalue weighted by molar-refractivity contribution is 0.553. The lowest BCUT2D eigenvalue weighted by Crippen LogP contribution is -2.35. The number of rotatable bonds is 7. The Morgan fingerprint density at radius 1 is 1.00 bits per heavy atom. The summed E-state index contributed by atoms with van der Waals surface area (Å²) in [5.41, 5.74) is 13.1. The average molecular weight is 559 g/mol. The van der Waals surface area contributed by atoms with Gasteiger partial charge in [0.2, 0.25) is 25.9 Å². The summed E-state index contributed by atoms with van der Waals surface area (Å²) in [5.74, 6) is -0.203. The number of benzene rings is 2. The molecule has 0 saturated heterocycles. The molecule has 5 rings (SSSR count). The van der Waals surface area contributed by atoms with Crippen LogP contribution in [0, 0.1) is 0 Å². The summed E-state index contributed by atoms with van der Waals surface area (Å²) < 4.78 is 55.7. The molecule has 190 valence electrons. The fraction of sp³-hybridized carbons (Fsp3) is 0.0500. The van der Waals surface area contributed by atoms with Crippen molar-refractivity contribution in [2.45, 2.75) is 16.0 Å². The van der Waals surface area contributed by atoms with E-state index in [0.29, 0.717) is 16.2 Å². The molecule has 0 bridgehead atoms.